The lowest BCUT2D eigenvalue weighted by Crippen LogP contribution is -1.96. The Kier molecular flexibility index (Phi) is 3.32. The smallest absolute Gasteiger partial charge is 0.154 e. The standard InChI is InChI=1S/C14H10ClN5/c15-13-3-4-14-18-9-12(20(14)19-13)11-8-10(2-1-6-16)5-7-17-11/h3-5,7-9H,1-2H2. The van der Waals surface area contributed by atoms with Crippen LogP contribution in [-0.2, 0) is 6.42 Å². The van der Waals surface area contributed by atoms with Crippen molar-refractivity contribution in [2.24, 2.45) is 0 Å². The molecule has 0 spiro atoms. The highest BCUT2D eigenvalue weighted by atomic mass is 35.5. The summed E-state index contributed by atoms with van der Waals surface area (Å²) in [6, 6.07) is 9.50. The SMILES string of the molecule is N#CCCc1ccnc(-c2cnc3ccc(Cl)nn23)c1. The summed E-state index contributed by atoms with van der Waals surface area (Å²) in [5.74, 6) is 0. The van der Waals surface area contributed by atoms with Gasteiger partial charge in [0.25, 0.3) is 0 Å². The summed E-state index contributed by atoms with van der Waals surface area (Å²) in [5, 5.41) is 13.3. The van der Waals surface area contributed by atoms with Crippen molar-refractivity contribution in [3.05, 3.63) is 47.4 Å². The molecule has 0 radical (unpaired) electrons. The number of pyridine rings is 1. The Bertz CT molecular complexity index is 803. The number of imidazole rings is 1. The maximum atomic E-state index is 8.65. The topological polar surface area (TPSA) is 66.9 Å². The molecule has 0 N–H and O–H groups in total. The monoisotopic (exact) mass is 283 g/mol. The molecule has 0 fully saturated rings. The van der Waals surface area contributed by atoms with Crippen molar-refractivity contribution in [3.8, 4) is 17.5 Å². The van der Waals surface area contributed by atoms with Crippen LogP contribution >= 0.6 is 11.6 Å². The summed E-state index contributed by atoms with van der Waals surface area (Å²) in [4.78, 5) is 8.62. The van der Waals surface area contributed by atoms with Gasteiger partial charge >= 0.3 is 0 Å². The van der Waals surface area contributed by atoms with E-state index in [1.165, 1.54) is 0 Å². The van der Waals surface area contributed by atoms with Crippen LogP contribution in [0.15, 0.2) is 36.7 Å². The molecule has 0 bridgehead atoms. The van der Waals surface area contributed by atoms with Crippen molar-refractivity contribution in [1.82, 2.24) is 19.6 Å². The molecule has 0 amide bonds. The molecule has 3 aromatic rings. The highest BCUT2D eigenvalue weighted by molar-refractivity contribution is 6.29. The van der Waals surface area contributed by atoms with Gasteiger partial charge in [0.1, 0.15) is 10.8 Å². The van der Waals surface area contributed by atoms with Crippen LogP contribution in [0.1, 0.15) is 12.0 Å². The predicted molar refractivity (Wildman–Crippen MR) is 75.2 cm³/mol. The molecule has 0 saturated heterocycles. The van der Waals surface area contributed by atoms with Crippen molar-refractivity contribution >= 4 is 17.2 Å². The first-order valence-electron chi connectivity index (χ1n) is 6.10. The second-order valence-corrected chi connectivity index (χ2v) is 4.66. The lowest BCUT2D eigenvalue weighted by Gasteiger charge is -2.03. The van der Waals surface area contributed by atoms with E-state index in [2.05, 4.69) is 21.1 Å². The van der Waals surface area contributed by atoms with Gasteiger partial charge in [-0.15, -0.1) is 0 Å². The molecular formula is C14H10ClN5. The Labute approximate surface area is 120 Å². The minimum Gasteiger partial charge on any atom is -0.255 e. The van der Waals surface area contributed by atoms with E-state index in [9.17, 15) is 0 Å². The zero-order valence-corrected chi connectivity index (χ0v) is 11.2. The lowest BCUT2D eigenvalue weighted by atomic mass is 10.1. The fourth-order valence-corrected chi connectivity index (χ4v) is 2.13. The number of rotatable bonds is 3. The zero-order valence-electron chi connectivity index (χ0n) is 10.5. The van der Waals surface area contributed by atoms with Gasteiger partial charge in [0.2, 0.25) is 0 Å². The molecule has 6 heteroatoms. The molecule has 3 rings (SSSR count). The van der Waals surface area contributed by atoms with Crippen molar-refractivity contribution < 1.29 is 0 Å². The van der Waals surface area contributed by atoms with Gasteiger partial charge in [-0.25, -0.2) is 9.50 Å². The molecule has 98 valence electrons. The first-order chi connectivity index (χ1) is 9.78. The quantitative estimate of drug-likeness (QED) is 0.741. The summed E-state index contributed by atoms with van der Waals surface area (Å²) in [6.07, 6.45) is 4.64. The number of hydrogen-bond acceptors (Lipinski definition) is 4. The van der Waals surface area contributed by atoms with Crippen molar-refractivity contribution in [2.45, 2.75) is 12.8 Å². The summed E-state index contributed by atoms with van der Waals surface area (Å²) in [6.45, 7) is 0. The molecule has 0 aromatic carbocycles. The number of fused-ring (bicyclic) bond motifs is 1. The number of aromatic nitrogens is 4. The van der Waals surface area contributed by atoms with Gasteiger partial charge in [0.05, 0.1) is 18.0 Å². The second-order valence-electron chi connectivity index (χ2n) is 4.28. The van der Waals surface area contributed by atoms with Gasteiger partial charge in [-0.05, 0) is 36.2 Å². The molecule has 0 aliphatic carbocycles. The average molecular weight is 284 g/mol. The number of nitrogens with zero attached hydrogens (tertiary/aromatic N) is 5. The van der Waals surface area contributed by atoms with Gasteiger partial charge in [-0.1, -0.05) is 11.6 Å². The molecule has 0 atom stereocenters. The van der Waals surface area contributed by atoms with Crippen LogP contribution in [0.5, 0.6) is 0 Å². The van der Waals surface area contributed by atoms with E-state index >= 15 is 0 Å². The van der Waals surface area contributed by atoms with Crippen molar-refractivity contribution in [1.29, 1.82) is 5.26 Å². The third kappa shape index (κ3) is 2.33. The third-order valence-electron chi connectivity index (χ3n) is 2.94. The van der Waals surface area contributed by atoms with E-state index in [1.54, 1.807) is 29.0 Å². The first kappa shape index (κ1) is 12.6. The maximum Gasteiger partial charge on any atom is 0.154 e. The van der Waals surface area contributed by atoms with Gasteiger partial charge < -0.3 is 0 Å². The van der Waals surface area contributed by atoms with Gasteiger partial charge in [0.15, 0.2) is 5.65 Å². The molecule has 0 aliphatic heterocycles. The number of halogens is 1. The van der Waals surface area contributed by atoms with E-state index in [-0.39, 0.29) is 0 Å². The Balaban J connectivity index is 2.07. The van der Waals surface area contributed by atoms with Crippen LogP contribution in [-0.4, -0.2) is 19.6 Å². The van der Waals surface area contributed by atoms with Crippen LogP contribution in [0.3, 0.4) is 0 Å². The summed E-state index contributed by atoms with van der Waals surface area (Å²) >= 11 is 5.92. The van der Waals surface area contributed by atoms with Crippen molar-refractivity contribution in [2.75, 3.05) is 0 Å². The molecule has 5 nitrogen and oxygen atoms in total. The zero-order chi connectivity index (χ0) is 13.9. The highest BCUT2D eigenvalue weighted by Crippen LogP contribution is 2.20. The fraction of sp³-hybridized carbons (Fsp3) is 0.143. The van der Waals surface area contributed by atoms with Gasteiger partial charge in [-0.3, -0.25) is 4.98 Å². The summed E-state index contributed by atoms with van der Waals surface area (Å²) < 4.78 is 1.67. The van der Waals surface area contributed by atoms with Crippen molar-refractivity contribution in [3.63, 3.8) is 0 Å². The Morgan fingerprint density at radius 2 is 2.15 bits per heavy atom. The van der Waals surface area contributed by atoms with Crippen LogP contribution < -0.4 is 0 Å². The summed E-state index contributed by atoms with van der Waals surface area (Å²) in [7, 11) is 0. The maximum absolute atomic E-state index is 8.65. The number of nitriles is 1. The third-order valence-corrected chi connectivity index (χ3v) is 3.14. The molecule has 20 heavy (non-hydrogen) atoms. The van der Waals surface area contributed by atoms with Crippen LogP contribution in [0.4, 0.5) is 0 Å². The molecular weight excluding hydrogens is 274 g/mol. The van der Waals surface area contributed by atoms with E-state index in [1.807, 2.05) is 12.1 Å². The van der Waals surface area contributed by atoms with E-state index in [4.69, 9.17) is 16.9 Å². The van der Waals surface area contributed by atoms with Crippen LogP contribution in [0, 0.1) is 11.3 Å². The van der Waals surface area contributed by atoms with Crippen LogP contribution in [0.25, 0.3) is 17.0 Å². The molecule has 0 aliphatic rings. The second kappa shape index (κ2) is 5.27. The normalized spacial score (nSPS) is 10.6. The van der Waals surface area contributed by atoms with Crippen LogP contribution in [0.2, 0.25) is 5.15 Å². The minimum atomic E-state index is 0.400. The highest BCUT2D eigenvalue weighted by Gasteiger charge is 2.09. The largest absolute Gasteiger partial charge is 0.255 e. The predicted octanol–water partition coefficient (Wildman–Crippen LogP) is 2.90. The average Bonchev–Trinajstić information content (AvgIpc) is 2.88. The fourth-order valence-electron chi connectivity index (χ4n) is 2.00. The number of hydrogen-bond donors (Lipinski definition) is 0. The Morgan fingerprint density at radius 3 is 3.00 bits per heavy atom. The minimum absolute atomic E-state index is 0.400. The first-order valence-corrected chi connectivity index (χ1v) is 6.48. The molecule has 3 heterocycles. The molecule has 0 saturated carbocycles. The van der Waals surface area contributed by atoms with E-state index < -0.39 is 0 Å². The Morgan fingerprint density at radius 1 is 1.25 bits per heavy atom. The van der Waals surface area contributed by atoms with Gasteiger partial charge in [0, 0.05) is 12.6 Å². The number of aryl methyl sites for hydroxylation is 1. The molecule has 0 unspecified atom stereocenters. The summed E-state index contributed by atoms with van der Waals surface area (Å²) in [5.41, 5.74) is 3.33. The lowest BCUT2D eigenvalue weighted by molar-refractivity contribution is 0.935. The Hall–Kier alpha value is -2.45. The van der Waals surface area contributed by atoms with E-state index in [0.717, 1.165) is 17.0 Å². The molecule has 3 aromatic heterocycles. The van der Waals surface area contributed by atoms with E-state index in [0.29, 0.717) is 23.6 Å². The van der Waals surface area contributed by atoms with Gasteiger partial charge in [-0.2, -0.15) is 10.4 Å².